The van der Waals surface area contributed by atoms with Crippen LogP contribution in [0.25, 0.3) is 0 Å². The van der Waals surface area contributed by atoms with Crippen LogP contribution in [0.5, 0.6) is 0 Å². The van der Waals surface area contributed by atoms with Gasteiger partial charge in [-0.05, 0) is 36.5 Å². The SMILES string of the molecule is Cc1cccc([C@@H]2Nc3c(ccc(Cl)c3Cl)[C@@H]3C=CC[C@@H]32)c1. The van der Waals surface area contributed by atoms with Crippen LogP contribution >= 0.6 is 23.2 Å². The molecule has 0 saturated carbocycles. The van der Waals surface area contributed by atoms with Crippen LogP contribution in [0.1, 0.15) is 35.1 Å². The lowest BCUT2D eigenvalue weighted by atomic mass is 9.77. The smallest absolute Gasteiger partial charge is 0.0826 e. The zero-order chi connectivity index (χ0) is 15.3. The Morgan fingerprint density at radius 1 is 1.14 bits per heavy atom. The monoisotopic (exact) mass is 329 g/mol. The predicted molar refractivity (Wildman–Crippen MR) is 94.0 cm³/mol. The molecule has 1 heterocycles. The third-order valence-corrected chi connectivity index (χ3v) is 5.63. The molecule has 0 radical (unpaired) electrons. The van der Waals surface area contributed by atoms with Crippen molar-refractivity contribution in [2.75, 3.05) is 5.32 Å². The van der Waals surface area contributed by atoms with Crippen molar-refractivity contribution < 1.29 is 0 Å². The molecule has 0 spiro atoms. The number of fused-ring (bicyclic) bond motifs is 3. The van der Waals surface area contributed by atoms with Gasteiger partial charge in [0.2, 0.25) is 0 Å². The highest BCUT2D eigenvalue weighted by molar-refractivity contribution is 6.43. The molecule has 1 aliphatic heterocycles. The van der Waals surface area contributed by atoms with Crippen molar-refractivity contribution >= 4 is 28.9 Å². The molecule has 22 heavy (non-hydrogen) atoms. The van der Waals surface area contributed by atoms with E-state index in [0.29, 0.717) is 21.9 Å². The molecule has 3 atom stereocenters. The van der Waals surface area contributed by atoms with Gasteiger partial charge >= 0.3 is 0 Å². The minimum absolute atomic E-state index is 0.267. The molecule has 0 saturated heterocycles. The highest BCUT2D eigenvalue weighted by Gasteiger charge is 2.38. The van der Waals surface area contributed by atoms with E-state index in [1.54, 1.807) is 0 Å². The quantitative estimate of drug-likeness (QED) is 0.620. The average molecular weight is 330 g/mol. The van der Waals surface area contributed by atoms with Gasteiger partial charge in [-0.15, -0.1) is 0 Å². The van der Waals surface area contributed by atoms with Crippen molar-refractivity contribution in [2.45, 2.75) is 25.3 Å². The number of nitrogens with one attached hydrogen (secondary N) is 1. The van der Waals surface area contributed by atoms with Crippen molar-refractivity contribution in [1.29, 1.82) is 0 Å². The molecule has 0 unspecified atom stereocenters. The van der Waals surface area contributed by atoms with Crippen molar-refractivity contribution in [3.8, 4) is 0 Å². The first-order valence-electron chi connectivity index (χ1n) is 7.63. The Morgan fingerprint density at radius 2 is 2.00 bits per heavy atom. The van der Waals surface area contributed by atoms with Gasteiger partial charge in [-0.3, -0.25) is 0 Å². The molecule has 0 aromatic heterocycles. The van der Waals surface area contributed by atoms with Crippen molar-refractivity contribution in [1.82, 2.24) is 0 Å². The normalized spacial score (nSPS) is 25.5. The number of hydrogen-bond acceptors (Lipinski definition) is 1. The zero-order valence-electron chi connectivity index (χ0n) is 12.3. The number of anilines is 1. The Bertz CT molecular complexity index is 766. The lowest BCUT2D eigenvalue weighted by Gasteiger charge is -2.38. The van der Waals surface area contributed by atoms with Gasteiger partial charge < -0.3 is 5.32 Å². The molecule has 2 aliphatic rings. The zero-order valence-corrected chi connectivity index (χ0v) is 13.8. The van der Waals surface area contributed by atoms with Crippen LogP contribution in [0.4, 0.5) is 5.69 Å². The van der Waals surface area contributed by atoms with Crippen LogP contribution in [0, 0.1) is 12.8 Å². The number of hydrogen-bond donors (Lipinski definition) is 1. The van der Waals surface area contributed by atoms with E-state index in [1.807, 2.05) is 6.07 Å². The fourth-order valence-electron chi connectivity index (χ4n) is 3.80. The number of rotatable bonds is 1. The molecule has 4 rings (SSSR count). The van der Waals surface area contributed by atoms with Crippen LogP contribution in [0.15, 0.2) is 48.6 Å². The van der Waals surface area contributed by atoms with E-state index >= 15 is 0 Å². The van der Waals surface area contributed by atoms with E-state index < -0.39 is 0 Å². The molecular formula is C19H17Cl2N. The molecule has 1 N–H and O–H groups in total. The first-order chi connectivity index (χ1) is 10.6. The Hall–Kier alpha value is -1.44. The van der Waals surface area contributed by atoms with Gasteiger partial charge in [-0.1, -0.05) is 71.2 Å². The second-order valence-corrected chi connectivity index (χ2v) is 7.00. The third-order valence-electron chi connectivity index (χ3n) is 4.83. The fourth-order valence-corrected chi connectivity index (χ4v) is 4.18. The summed E-state index contributed by atoms with van der Waals surface area (Å²) in [6.07, 6.45) is 5.70. The second kappa shape index (κ2) is 5.33. The van der Waals surface area contributed by atoms with Gasteiger partial charge in [0.05, 0.1) is 21.8 Å². The standard InChI is InChI=1S/C19H17Cl2N/c1-11-4-2-5-12(10-11)18-14-7-3-6-13(14)15-8-9-16(20)17(21)19(15)22-18/h2-6,8-10,13-14,18,22H,7H2,1H3/t13-,14+,18+/m1/s1. The minimum Gasteiger partial charge on any atom is -0.376 e. The Kier molecular flexibility index (Phi) is 3.43. The van der Waals surface area contributed by atoms with Crippen LogP contribution in [-0.2, 0) is 0 Å². The largest absolute Gasteiger partial charge is 0.376 e. The van der Waals surface area contributed by atoms with Gasteiger partial charge in [-0.25, -0.2) is 0 Å². The van der Waals surface area contributed by atoms with Crippen LogP contribution in [-0.4, -0.2) is 0 Å². The summed E-state index contributed by atoms with van der Waals surface area (Å²) in [5.41, 5.74) is 4.86. The van der Waals surface area contributed by atoms with Crippen LogP contribution in [0.3, 0.4) is 0 Å². The summed E-state index contributed by atoms with van der Waals surface area (Å²) in [4.78, 5) is 0. The van der Waals surface area contributed by atoms with E-state index in [2.05, 4.69) is 54.7 Å². The number of aryl methyl sites for hydroxylation is 1. The maximum atomic E-state index is 6.47. The highest BCUT2D eigenvalue weighted by atomic mass is 35.5. The molecule has 0 fully saturated rings. The molecule has 0 bridgehead atoms. The van der Waals surface area contributed by atoms with Gasteiger partial charge in [0.25, 0.3) is 0 Å². The summed E-state index contributed by atoms with van der Waals surface area (Å²) in [6, 6.07) is 13.0. The van der Waals surface area contributed by atoms with Gasteiger partial charge in [0.1, 0.15) is 0 Å². The summed E-state index contributed by atoms with van der Waals surface area (Å²) < 4.78 is 0. The van der Waals surface area contributed by atoms with Crippen LogP contribution in [0.2, 0.25) is 10.0 Å². The Balaban J connectivity index is 1.84. The van der Waals surface area contributed by atoms with Crippen molar-refractivity contribution in [2.24, 2.45) is 5.92 Å². The Morgan fingerprint density at radius 3 is 2.82 bits per heavy atom. The molecule has 2 aromatic carbocycles. The minimum atomic E-state index is 0.267. The van der Waals surface area contributed by atoms with Gasteiger partial charge in [-0.2, -0.15) is 0 Å². The summed E-state index contributed by atoms with van der Waals surface area (Å²) in [5, 5.41) is 4.91. The summed E-state index contributed by atoms with van der Waals surface area (Å²) in [5.74, 6) is 0.947. The van der Waals surface area contributed by atoms with Crippen LogP contribution < -0.4 is 5.32 Å². The average Bonchev–Trinajstić information content (AvgIpc) is 3.00. The van der Waals surface area contributed by atoms with E-state index in [4.69, 9.17) is 23.2 Å². The Labute approximate surface area is 140 Å². The van der Waals surface area contributed by atoms with E-state index in [9.17, 15) is 0 Å². The molecule has 1 nitrogen and oxygen atoms in total. The number of halogens is 2. The first kappa shape index (κ1) is 14.2. The van der Waals surface area contributed by atoms with Gasteiger partial charge in [0.15, 0.2) is 0 Å². The molecule has 0 amide bonds. The summed E-state index contributed by atoms with van der Waals surface area (Å²) in [6.45, 7) is 2.13. The topological polar surface area (TPSA) is 12.0 Å². The maximum Gasteiger partial charge on any atom is 0.0826 e. The highest BCUT2D eigenvalue weighted by Crippen LogP contribution is 2.52. The third kappa shape index (κ3) is 2.15. The molecule has 1 aliphatic carbocycles. The first-order valence-corrected chi connectivity index (χ1v) is 8.38. The molecule has 3 heteroatoms. The lowest BCUT2D eigenvalue weighted by molar-refractivity contribution is 0.425. The molecule has 112 valence electrons. The van der Waals surface area contributed by atoms with Crippen molar-refractivity contribution in [3.05, 3.63) is 75.3 Å². The number of allylic oxidation sites excluding steroid dienone is 2. The van der Waals surface area contributed by atoms with Crippen molar-refractivity contribution in [3.63, 3.8) is 0 Å². The second-order valence-electron chi connectivity index (χ2n) is 6.22. The summed E-state index contributed by atoms with van der Waals surface area (Å²) in [7, 11) is 0. The fraction of sp³-hybridized carbons (Fsp3) is 0.263. The number of benzene rings is 2. The molecule has 2 aromatic rings. The maximum absolute atomic E-state index is 6.47. The lowest BCUT2D eigenvalue weighted by Crippen LogP contribution is -2.29. The van der Waals surface area contributed by atoms with E-state index in [-0.39, 0.29) is 6.04 Å². The predicted octanol–water partition coefficient (Wildman–Crippen LogP) is 6.13. The van der Waals surface area contributed by atoms with E-state index in [0.717, 1.165) is 12.1 Å². The summed E-state index contributed by atoms with van der Waals surface area (Å²) >= 11 is 12.7. The van der Waals surface area contributed by atoms with E-state index in [1.165, 1.54) is 16.7 Å². The molecular weight excluding hydrogens is 313 g/mol. The van der Waals surface area contributed by atoms with Gasteiger partial charge in [0, 0.05) is 5.92 Å².